The molecule has 0 radical (unpaired) electrons. The maximum Gasteiger partial charge on any atom is 0.264 e. The molecule has 7 nitrogen and oxygen atoms in total. The molecule has 0 atom stereocenters. The zero-order chi connectivity index (χ0) is 26.3. The highest BCUT2D eigenvalue weighted by atomic mass is 32.2. The molecule has 36 heavy (non-hydrogen) atoms. The molecule has 3 aromatic rings. The van der Waals surface area contributed by atoms with Gasteiger partial charge in [-0.1, -0.05) is 49.7 Å². The number of methoxy groups -OCH3 is 2. The van der Waals surface area contributed by atoms with Gasteiger partial charge in [-0.2, -0.15) is 0 Å². The fourth-order valence-corrected chi connectivity index (χ4v) is 5.36. The van der Waals surface area contributed by atoms with Gasteiger partial charge in [0.15, 0.2) is 11.5 Å². The Morgan fingerprint density at radius 1 is 0.861 bits per heavy atom. The fourth-order valence-electron chi connectivity index (χ4n) is 3.92. The SMILES string of the molecule is CCc1ccc(CC)c(CNC(=O)CN(c2ccc(C)cc2)S(=O)(=O)c2ccc(OC)c(OC)c2)c1. The molecule has 0 saturated carbocycles. The van der Waals surface area contributed by atoms with Crippen molar-refractivity contribution in [3.8, 4) is 11.5 Å². The largest absolute Gasteiger partial charge is 0.493 e. The summed E-state index contributed by atoms with van der Waals surface area (Å²) >= 11 is 0. The third kappa shape index (κ3) is 6.18. The third-order valence-electron chi connectivity index (χ3n) is 6.09. The molecule has 8 heteroatoms. The van der Waals surface area contributed by atoms with Crippen LogP contribution in [0.25, 0.3) is 0 Å². The summed E-state index contributed by atoms with van der Waals surface area (Å²) in [5.74, 6) is 0.301. The number of carbonyl (C=O) groups is 1. The number of ether oxygens (including phenoxy) is 2. The van der Waals surface area contributed by atoms with Crippen LogP contribution in [0.15, 0.2) is 65.6 Å². The van der Waals surface area contributed by atoms with Gasteiger partial charge in [0, 0.05) is 12.6 Å². The summed E-state index contributed by atoms with van der Waals surface area (Å²) in [6.07, 6.45) is 1.74. The van der Waals surface area contributed by atoms with Crippen molar-refractivity contribution in [2.45, 2.75) is 45.1 Å². The van der Waals surface area contributed by atoms with Crippen molar-refractivity contribution in [2.24, 2.45) is 0 Å². The van der Waals surface area contributed by atoms with E-state index in [1.165, 1.54) is 38.0 Å². The van der Waals surface area contributed by atoms with Crippen LogP contribution >= 0.6 is 0 Å². The van der Waals surface area contributed by atoms with Crippen LogP contribution in [0.3, 0.4) is 0 Å². The minimum atomic E-state index is -4.09. The number of benzene rings is 3. The number of nitrogens with zero attached hydrogens (tertiary/aromatic N) is 1. The molecule has 0 fully saturated rings. The summed E-state index contributed by atoms with van der Waals surface area (Å²) in [4.78, 5) is 13.1. The number of rotatable bonds is 11. The van der Waals surface area contributed by atoms with Crippen molar-refractivity contribution in [3.63, 3.8) is 0 Å². The summed E-state index contributed by atoms with van der Waals surface area (Å²) in [6.45, 7) is 6.03. The maximum atomic E-state index is 13.7. The molecule has 192 valence electrons. The second-order valence-electron chi connectivity index (χ2n) is 8.45. The van der Waals surface area contributed by atoms with Crippen molar-refractivity contribution < 1.29 is 22.7 Å². The van der Waals surface area contributed by atoms with Crippen LogP contribution in [0.4, 0.5) is 5.69 Å². The lowest BCUT2D eigenvalue weighted by atomic mass is 10.0. The van der Waals surface area contributed by atoms with Gasteiger partial charge in [-0.05, 0) is 60.7 Å². The van der Waals surface area contributed by atoms with Crippen molar-refractivity contribution >= 4 is 21.6 Å². The van der Waals surface area contributed by atoms with Gasteiger partial charge in [-0.3, -0.25) is 9.10 Å². The molecule has 0 saturated heterocycles. The van der Waals surface area contributed by atoms with Gasteiger partial charge in [-0.15, -0.1) is 0 Å². The number of hydrogen-bond donors (Lipinski definition) is 1. The van der Waals surface area contributed by atoms with E-state index in [9.17, 15) is 13.2 Å². The third-order valence-corrected chi connectivity index (χ3v) is 7.86. The molecule has 0 aliphatic heterocycles. The highest BCUT2D eigenvalue weighted by molar-refractivity contribution is 7.92. The molecule has 1 N–H and O–H groups in total. The normalized spacial score (nSPS) is 11.1. The van der Waals surface area contributed by atoms with E-state index in [0.29, 0.717) is 18.0 Å². The van der Waals surface area contributed by atoms with E-state index in [-0.39, 0.29) is 17.2 Å². The second-order valence-corrected chi connectivity index (χ2v) is 10.3. The van der Waals surface area contributed by atoms with Crippen LogP contribution in [-0.2, 0) is 34.2 Å². The van der Waals surface area contributed by atoms with E-state index in [1.807, 2.05) is 19.1 Å². The van der Waals surface area contributed by atoms with Crippen molar-refractivity contribution in [3.05, 3.63) is 82.9 Å². The molecule has 0 heterocycles. The van der Waals surface area contributed by atoms with Crippen molar-refractivity contribution in [1.82, 2.24) is 5.32 Å². The Morgan fingerprint density at radius 3 is 2.17 bits per heavy atom. The van der Waals surface area contributed by atoms with Gasteiger partial charge < -0.3 is 14.8 Å². The molecular formula is C28H34N2O5S. The molecule has 0 aliphatic rings. The van der Waals surface area contributed by atoms with Crippen LogP contribution in [-0.4, -0.2) is 35.1 Å². The number of hydrogen-bond acceptors (Lipinski definition) is 5. The quantitative estimate of drug-likeness (QED) is 0.406. The van der Waals surface area contributed by atoms with Gasteiger partial charge in [0.05, 0.1) is 24.8 Å². The van der Waals surface area contributed by atoms with E-state index in [0.717, 1.165) is 33.8 Å². The van der Waals surface area contributed by atoms with Crippen LogP contribution in [0.1, 0.15) is 36.1 Å². The Bertz CT molecular complexity index is 1300. The van der Waals surface area contributed by atoms with Gasteiger partial charge in [-0.25, -0.2) is 8.42 Å². The molecule has 3 rings (SSSR count). The Morgan fingerprint density at radius 2 is 1.56 bits per heavy atom. The van der Waals surface area contributed by atoms with E-state index >= 15 is 0 Å². The number of sulfonamides is 1. The van der Waals surface area contributed by atoms with Crippen LogP contribution in [0, 0.1) is 6.92 Å². The Hall–Kier alpha value is -3.52. The summed E-state index contributed by atoms with van der Waals surface area (Å²) in [5.41, 5.74) is 4.76. The van der Waals surface area contributed by atoms with Gasteiger partial charge in [0.25, 0.3) is 10.0 Å². The zero-order valence-corrected chi connectivity index (χ0v) is 22.3. The molecule has 0 aromatic heterocycles. The Kier molecular flexibility index (Phi) is 8.98. The van der Waals surface area contributed by atoms with Crippen molar-refractivity contribution in [1.29, 1.82) is 0 Å². The molecule has 0 aliphatic carbocycles. The summed E-state index contributed by atoms with van der Waals surface area (Å²) in [6, 6.07) is 17.7. The first kappa shape index (κ1) is 27.1. The van der Waals surface area contributed by atoms with Gasteiger partial charge >= 0.3 is 0 Å². The Labute approximate surface area is 214 Å². The fraction of sp³-hybridized carbons (Fsp3) is 0.321. The maximum absolute atomic E-state index is 13.7. The lowest BCUT2D eigenvalue weighted by Crippen LogP contribution is -2.40. The molecule has 3 aromatic carbocycles. The van der Waals surface area contributed by atoms with Crippen molar-refractivity contribution in [2.75, 3.05) is 25.1 Å². The number of amides is 1. The average molecular weight is 511 g/mol. The highest BCUT2D eigenvalue weighted by Crippen LogP contribution is 2.32. The second kappa shape index (κ2) is 11.9. The minimum Gasteiger partial charge on any atom is -0.493 e. The molecule has 0 bridgehead atoms. The standard InChI is InChI=1S/C28H34N2O5S/c1-6-21-10-11-22(7-2)23(16-21)18-29-28(31)19-30(24-12-8-20(3)9-13-24)36(32,33)25-14-15-26(34-4)27(17-25)35-5/h8-17H,6-7,18-19H2,1-5H3,(H,29,31). The molecule has 0 spiro atoms. The van der Waals surface area contributed by atoms with E-state index < -0.39 is 15.9 Å². The summed E-state index contributed by atoms with van der Waals surface area (Å²) < 4.78 is 39.1. The Balaban J connectivity index is 1.91. The summed E-state index contributed by atoms with van der Waals surface area (Å²) in [5, 5.41) is 2.91. The van der Waals surface area contributed by atoms with Crippen LogP contribution in [0.2, 0.25) is 0 Å². The molecule has 1 amide bonds. The summed E-state index contributed by atoms with van der Waals surface area (Å²) in [7, 11) is -1.17. The van der Waals surface area contributed by atoms with E-state index in [1.54, 1.807) is 12.1 Å². The number of anilines is 1. The first-order chi connectivity index (χ1) is 17.2. The van der Waals surface area contributed by atoms with Crippen LogP contribution in [0.5, 0.6) is 11.5 Å². The highest BCUT2D eigenvalue weighted by Gasteiger charge is 2.28. The monoisotopic (exact) mass is 510 g/mol. The predicted octanol–water partition coefficient (Wildman–Crippen LogP) is 4.65. The molecular weight excluding hydrogens is 476 g/mol. The first-order valence-corrected chi connectivity index (χ1v) is 13.4. The lowest BCUT2D eigenvalue weighted by molar-refractivity contribution is -0.119. The van der Waals surface area contributed by atoms with Gasteiger partial charge in [0.2, 0.25) is 5.91 Å². The van der Waals surface area contributed by atoms with E-state index in [2.05, 4.69) is 37.4 Å². The number of nitrogens with one attached hydrogen (secondary N) is 1. The average Bonchev–Trinajstić information content (AvgIpc) is 2.90. The molecule has 0 unspecified atom stereocenters. The number of carbonyl (C=O) groups excluding carboxylic acids is 1. The number of aryl methyl sites for hydroxylation is 3. The lowest BCUT2D eigenvalue weighted by Gasteiger charge is -2.25. The minimum absolute atomic E-state index is 0.00237. The predicted molar refractivity (Wildman–Crippen MR) is 142 cm³/mol. The smallest absolute Gasteiger partial charge is 0.264 e. The first-order valence-electron chi connectivity index (χ1n) is 11.9. The van der Waals surface area contributed by atoms with Gasteiger partial charge in [0.1, 0.15) is 6.54 Å². The zero-order valence-electron chi connectivity index (χ0n) is 21.5. The van der Waals surface area contributed by atoms with Crippen LogP contribution < -0.4 is 19.1 Å². The van der Waals surface area contributed by atoms with E-state index in [4.69, 9.17) is 9.47 Å². The topological polar surface area (TPSA) is 84.9 Å².